The van der Waals surface area contributed by atoms with Crippen molar-refractivity contribution in [2.45, 2.75) is 25.7 Å². The number of hydrogen-bond acceptors (Lipinski definition) is 6. The summed E-state index contributed by atoms with van der Waals surface area (Å²) in [6.07, 6.45) is 0.487. The quantitative estimate of drug-likeness (QED) is 0.619. The predicted molar refractivity (Wildman–Crippen MR) is 111 cm³/mol. The Labute approximate surface area is 178 Å². The molecule has 160 valence electrons. The number of amides is 1. The number of hydrogen-bond donors (Lipinski definition) is 2. The number of imidazole rings is 1. The summed E-state index contributed by atoms with van der Waals surface area (Å²) >= 11 is 0. The number of likely N-dealkylation sites (tertiary alicyclic amines) is 1. The second-order valence-electron chi connectivity index (χ2n) is 7.78. The van der Waals surface area contributed by atoms with E-state index in [1.807, 2.05) is 43.3 Å². The first kappa shape index (κ1) is 19.2. The first-order valence-corrected chi connectivity index (χ1v) is 10.1. The normalized spacial score (nSPS) is 17.7. The highest BCUT2D eigenvalue weighted by molar-refractivity contribution is 5.78. The van der Waals surface area contributed by atoms with Crippen molar-refractivity contribution < 1.29 is 24.6 Å². The monoisotopic (exact) mass is 422 g/mol. The predicted octanol–water partition coefficient (Wildman–Crippen LogP) is 3.74. The lowest BCUT2D eigenvalue weighted by molar-refractivity contribution is 0.121. The van der Waals surface area contributed by atoms with E-state index in [-0.39, 0.29) is 19.3 Å². The van der Waals surface area contributed by atoms with Crippen LogP contribution in [0.3, 0.4) is 0 Å². The zero-order chi connectivity index (χ0) is 21.5. The minimum atomic E-state index is -0.961. The third-order valence-corrected chi connectivity index (χ3v) is 5.71. The van der Waals surface area contributed by atoms with Crippen LogP contribution in [-0.4, -0.2) is 55.9 Å². The summed E-state index contributed by atoms with van der Waals surface area (Å²) < 4.78 is 12.0. The minimum absolute atomic E-state index is 0.165. The summed E-state index contributed by atoms with van der Waals surface area (Å²) in [5, 5.41) is 20.6. The third-order valence-electron chi connectivity index (χ3n) is 5.71. The zero-order valence-electron chi connectivity index (χ0n) is 17.0. The molecule has 5 rings (SSSR count). The van der Waals surface area contributed by atoms with Gasteiger partial charge in [0.15, 0.2) is 17.3 Å². The molecule has 1 fully saturated rings. The van der Waals surface area contributed by atoms with Gasteiger partial charge in [0.25, 0.3) is 0 Å². The van der Waals surface area contributed by atoms with Crippen molar-refractivity contribution in [2.75, 3.05) is 19.9 Å². The fourth-order valence-electron chi connectivity index (χ4n) is 4.21. The van der Waals surface area contributed by atoms with E-state index in [9.17, 15) is 15.1 Å². The van der Waals surface area contributed by atoms with Gasteiger partial charge in [-0.3, -0.25) is 4.98 Å². The highest BCUT2D eigenvalue weighted by atomic mass is 16.7. The molecule has 0 bridgehead atoms. The lowest BCUT2D eigenvalue weighted by Gasteiger charge is -2.29. The van der Waals surface area contributed by atoms with E-state index >= 15 is 0 Å². The number of benzene rings is 1. The molecule has 2 aliphatic rings. The van der Waals surface area contributed by atoms with Crippen LogP contribution in [0.4, 0.5) is 4.79 Å². The van der Waals surface area contributed by atoms with Crippen molar-refractivity contribution >= 4 is 6.09 Å². The molecule has 1 amide bonds. The molecule has 31 heavy (non-hydrogen) atoms. The summed E-state index contributed by atoms with van der Waals surface area (Å²) in [4.78, 5) is 22.2. The Balaban J connectivity index is 1.64. The fourth-order valence-corrected chi connectivity index (χ4v) is 4.21. The van der Waals surface area contributed by atoms with Crippen LogP contribution >= 0.6 is 0 Å². The number of aromatic nitrogens is 3. The Morgan fingerprint density at radius 3 is 2.81 bits per heavy atom. The van der Waals surface area contributed by atoms with Crippen LogP contribution < -0.4 is 9.47 Å². The van der Waals surface area contributed by atoms with Crippen molar-refractivity contribution in [3.05, 3.63) is 47.9 Å². The average Bonchev–Trinajstić information content (AvgIpc) is 3.37. The maximum atomic E-state index is 11.5. The van der Waals surface area contributed by atoms with Gasteiger partial charge < -0.3 is 24.7 Å². The van der Waals surface area contributed by atoms with Gasteiger partial charge >= 0.3 is 6.09 Å². The zero-order valence-corrected chi connectivity index (χ0v) is 17.0. The van der Waals surface area contributed by atoms with Crippen LogP contribution in [-0.2, 0) is 0 Å². The topological polar surface area (TPSA) is 110 Å². The number of fused-ring (bicyclic) bond motifs is 1. The first-order chi connectivity index (χ1) is 15.0. The van der Waals surface area contributed by atoms with Gasteiger partial charge in [0.1, 0.15) is 11.4 Å². The summed E-state index contributed by atoms with van der Waals surface area (Å²) in [5.74, 6) is 1.48. The van der Waals surface area contributed by atoms with Crippen molar-refractivity contribution in [3.8, 4) is 34.1 Å². The van der Waals surface area contributed by atoms with Crippen LogP contribution in [0.2, 0.25) is 0 Å². The molecule has 9 heteroatoms. The second kappa shape index (κ2) is 7.50. The molecule has 3 aromatic rings. The molecule has 0 radical (unpaired) electrons. The Bertz CT molecular complexity index is 1160. The largest absolute Gasteiger partial charge is 0.465 e. The third kappa shape index (κ3) is 3.41. The molecule has 1 unspecified atom stereocenters. The Morgan fingerprint density at radius 1 is 1.16 bits per heavy atom. The molecule has 9 nitrogen and oxygen atoms in total. The summed E-state index contributed by atoms with van der Waals surface area (Å²) in [7, 11) is 0. The van der Waals surface area contributed by atoms with Gasteiger partial charge in [-0.05, 0) is 50.1 Å². The Kier molecular flexibility index (Phi) is 4.65. The maximum Gasteiger partial charge on any atom is 0.407 e. The Hall–Kier alpha value is -3.75. The molecule has 1 atom stereocenters. The molecule has 0 aliphatic carbocycles. The van der Waals surface area contributed by atoms with Crippen LogP contribution in [0, 0.1) is 6.92 Å². The number of carboxylic acid groups (broad SMARTS) is 1. The smallest absolute Gasteiger partial charge is 0.407 e. The first-order valence-electron chi connectivity index (χ1n) is 10.1. The van der Waals surface area contributed by atoms with Crippen molar-refractivity contribution in [1.29, 1.82) is 0 Å². The molecule has 4 heterocycles. The number of aryl methyl sites for hydroxylation is 1. The maximum absolute atomic E-state index is 11.5. The number of ether oxygens (including phenoxy) is 2. The van der Waals surface area contributed by atoms with E-state index in [0.29, 0.717) is 47.4 Å². The second-order valence-corrected chi connectivity index (χ2v) is 7.78. The number of piperidine rings is 1. The van der Waals surface area contributed by atoms with Crippen LogP contribution in [0.25, 0.3) is 22.6 Å². The van der Waals surface area contributed by atoms with Crippen LogP contribution in [0.15, 0.2) is 36.4 Å². The lowest BCUT2D eigenvalue weighted by atomic mass is 9.97. The molecule has 2 aliphatic heterocycles. The highest BCUT2D eigenvalue weighted by Gasteiger charge is 2.31. The SMILES string of the molecule is Cc1cccc(-c2c(-c3ccc4c(c3)OCO4)nc(C3CCCN(C(=O)O)C3)n2O)n1. The number of carbonyl (C=O) groups is 1. The fraction of sp³-hybridized carbons (Fsp3) is 0.318. The Morgan fingerprint density at radius 2 is 2.00 bits per heavy atom. The standard InChI is InChI=1S/C22H22N4O5/c1-13-4-2-6-16(23-13)20-19(14-7-8-17-18(10-14)31-12-30-17)24-21(26(20)29)15-5-3-9-25(11-15)22(27)28/h2,4,6-8,10,15,29H,3,5,9,11-12H2,1H3,(H,27,28). The van der Waals surface area contributed by atoms with E-state index in [0.717, 1.165) is 22.4 Å². The van der Waals surface area contributed by atoms with Gasteiger partial charge in [-0.2, -0.15) is 4.73 Å². The van der Waals surface area contributed by atoms with Crippen molar-refractivity contribution in [2.24, 2.45) is 0 Å². The summed E-state index contributed by atoms with van der Waals surface area (Å²) in [6, 6.07) is 11.1. The lowest BCUT2D eigenvalue weighted by Crippen LogP contribution is -2.38. The molecule has 0 saturated carbocycles. The van der Waals surface area contributed by atoms with Gasteiger partial charge in [0.05, 0.1) is 5.69 Å². The van der Waals surface area contributed by atoms with E-state index in [1.54, 1.807) is 0 Å². The average molecular weight is 422 g/mol. The molecular weight excluding hydrogens is 400 g/mol. The van der Waals surface area contributed by atoms with E-state index in [4.69, 9.17) is 14.5 Å². The minimum Gasteiger partial charge on any atom is -0.465 e. The number of pyridine rings is 1. The molecule has 2 N–H and O–H groups in total. The number of rotatable bonds is 3. The van der Waals surface area contributed by atoms with Gasteiger partial charge in [0.2, 0.25) is 6.79 Å². The van der Waals surface area contributed by atoms with Gasteiger partial charge in [-0.15, -0.1) is 0 Å². The number of nitrogens with zero attached hydrogens (tertiary/aromatic N) is 4. The van der Waals surface area contributed by atoms with Crippen LogP contribution in [0.5, 0.6) is 11.5 Å². The summed E-state index contributed by atoms with van der Waals surface area (Å²) in [5.41, 5.74) is 3.17. The van der Waals surface area contributed by atoms with Crippen LogP contribution in [0.1, 0.15) is 30.3 Å². The molecular formula is C22H22N4O5. The highest BCUT2D eigenvalue weighted by Crippen LogP contribution is 2.40. The summed E-state index contributed by atoms with van der Waals surface area (Å²) in [6.45, 7) is 2.82. The molecule has 0 spiro atoms. The molecule has 2 aromatic heterocycles. The van der Waals surface area contributed by atoms with E-state index in [2.05, 4.69) is 4.98 Å². The molecule has 1 saturated heterocycles. The molecule has 1 aromatic carbocycles. The van der Waals surface area contributed by atoms with Crippen molar-refractivity contribution in [1.82, 2.24) is 19.6 Å². The van der Waals surface area contributed by atoms with Gasteiger partial charge in [-0.25, -0.2) is 9.78 Å². The van der Waals surface area contributed by atoms with Crippen molar-refractivity contribution in [3.63, 3.8) is 0 Å². The van der Waals surface area contributed by atoms with E-state index in [1.165, 1.54) is 4.90 Å². The van der Waals surface area contributed by atoms with Gasteiger partial charge in [0, 0.05) is 30.3 Å². The van der Waals surface area contributed by atoms with E-state index < -0.39 is 6.09 Å². The van der Waals surface area contributed by atoms with Gasteiger partial charge in [-0.1, -0.05) is 6.07 Å².